The third kappa shape index (κ3) is 3.78. The van der Waals surface area contributed by atoms with Gasteiger partial charge in [0, 0.05) is 11.0 Å². The summed E-state index contributed by atoms with van der Waals surface area (Å²) >= 11 is 3.54. The van der Waals surface area contributed by atoms with Gasteiger partial charge in [-0.1, -0.05) is 34.1 Å². The molecule has 3 nitrogen and oxygen atoms in total. The third-order valence-electron chi connectivity index (χ3n) is 2.80. The Morgan fingerprint density at radius 3 is 2.59 bits per heavy atom. The van der Waals surface area contributed by atoms with E-state index in [0.717, 1.165) is 11.0 Å². The molecule has 0 saturated carbocycles. The van der Waals surface area contributed by atoms with Crippen molar-refractivity contribution in [2.45, 2.75) is 32.2 Å². The van der Waals surface area contributed by atoms with Crippen LogP contribution in [0.2, 0.25) is 0 Å². The van der Waals surface area contributed by atoms with Crippen LogP contribution in [0.5, 0.6) is 0 Å². The molecule has 1 N–H and O–H groups in total. The summed E-state index contributed by atoms with van der Waals surface area (Å²) in [5.41, 5.74) is 1.25. The first-order valence-corrected chi connectivity index (χ1v) is 6.61. The van der Waals surface area contributed by atoms with Gasteiger partial charge in [0.05, 0.1) is 19.3 Å². The lowest BCUT2D eigenvalue weighted by Gasteiger charge is -2.35. The van der Waals surface area contributed by atoms with E-state index in [1.807, 2.05) is 32.0 Å². The van der Waals surface area contributed by atoms with Crippen LogP contribution in [0.3, 0.4) is 0 Å². The minimum Gasteiger partial charge on any atom is -0.349 e. The van der Waals surface area contributed by atoms with Crippen LogP contribution in [0.1, 0.15) is 19.4 Å². The maximum Gasteiger partial charge on any atom is 0.162 e. The quantitative estimate of drug-likeness (QED) is 0.931. The van der Waals surface area contributed by atoms with Gasteiger partial charge in [0.1, 0.15) is 0 Å². The summed E-state index contributed by atoms with van der Waals surface area (Å²) < 4.78 is 12.3. The Hall–Kier alpha value is -0.420. The molecule has 0 aromatic heterocycles. The molecule has 0 atom stereocenters. The normalized spacial score (nSPS) is 20.4. The average Bonchev–Trinajstić information content (AvgIpc) is 2.30. The van der Waals surface area contributed by atoms with Crippen LogP contribution in [-0.4, -0.2) is 25.0 Å². The van der Waals surface area contributed by atoms with E-state index >= 15 is 0 Å². The average molecular weight is 300 g/mol. The van der Waals surface area contributed by atoms with Gasteiger partial charge in [0.25, 0.3) is 0 Å². The summed E-state index contributed by atoms with van der Waals surface area (Å²) in [7, 11) is 0. The van der Waals surface area contributed by atoms with Crippen LogP contribution < -0.4 is 5.32 Å². The first kappa shape index (κ1) is 13.0. The summed E-state index contributed by atoms with van der Waals surface area (Å²) in [6.45, 7) is 6.09. The maximum atomic E-state index is 5.60. The van der Waals surface area contributed by atoms with Crippen LogP contribution in [0.4, 0.5) is 0 Å². The summed E-state index contributed by atoms with van der Waals surface area (Å²) in [5.74, 6) is -0.439. The standard InChI is InChI=1S/C13H18BrNO2/c1-13(2)16-8-11(9-17-13)15-7-10-5-3-4-6-12(10)14/h3-6,11,15H,7-9H2,1-2H3. The molecule has 1 fully saturated rings. The molecular formula is C13H18BrNO2. The van der Waals surface area contributed by atoms with E-state index in [1.54, 1.807) is 0 Å². The molecule has 0 unspecified atom stereocenters. The molecule has 1 aromatic carbocycles. The SMILES string of the molecule is CC1(C)OCC(NCc2ccccc2Br)CO1. The summed E-state index contributed by atoms with van der Waals surface area (Å²) in [4.78, 5) is 0. The van der Waals surface area contributed by atoms with Gasteiger partial charge < -0.3 is 14.8 Å². The molecule has 1 heterocycles. The van der Waals surface area contributed by atoms with Crippen LogP contribution in [-0.2, 0) is 16.0 Å². The highest BCUT2D eigenvalue weighted by Gasteiger charge is 2.27. The molecule has 0 spiro atoms. The van der Waals surface area contributed by atoms with Crippen LogP contribution in [0, 0.1) is 0 Å². The Kier molecular flexibility index (Phi) is 4.20. The van der Waals surface area contributed by atoms with Gasteiger partial charge in [-0.2, -0.15) is 0 Å². The lowest BCUT2D eigenvalue weighted by molar-refractivity contribution is -0.253. The first-order valence-electron chi connectivity index (χ1n) is 5.81. The summed E-state index contributed by atoms with van der Waals surface area (Å²) in [5, 5.41) is 3.44. The highest BCUT2D eigenvalue weighted by atomic mass is 79.9. The van der Waals surface area contributed by atoms with Crippen molar-refractivity contribution in [3.05, 3.63) is 34.3 Å². The van der Waals surface area contributed by atoms with Crippen molar-refractivity contribution in [3.63, 3.8) is 0 Å². The van der Waals surface area contributed by atoms with Crippen LogP contribution in [0.25, 0.3) is 0 Å². The topological polar surface area (TPSA) is 30.5 Å². The monoisotopic (exact) mass is 299 g/mol. The van der Waals surface area contributed by atoms with E-state index in [2.05, 4.69) is 27.3 Å². The molecular weight excluding hydrogens is 282 g/mol. The van der Waals surface area contributed by atoms with E-state index in [-0.39, 0.29) is 6.04 Å². The van der Waals surface area contributed by atoms with Crippen molar-refractivity contribution in [2.24, 2.45) is 0 Å². The molecule has 0 bridgehead atoms. The van der Waals surface area contributed by atoms with Gasteiger partial charge >= 0.3 is 0 Å². The molecule has 0 radical (unpaired) electrons. The molecule has 0 aliphatic carbocycles. The molecule has 1 saturated heterocycles. The van der Waals surface area contributed by atoms with E-state index in [0.29, 0.717) is 13.2 Å². The van der Waals surface area contributed by atoms with Gasteiger partial charge in [-0.05, 0) is 25.5 Å². The fourth-order valence-electron chi connectivity index (χ4n) is 1.71. The zero-order valence-electron chi connectivity index (χ0n) is 10.2. The van der Waals surface area contributed by atoms with Gasteiger partial charge in [-0.15, -0.1) is 0 Å². The molecule has 94 valence electrons. The summed E-state index contributed by atoms with van der Waals surface area (Å²) in [6, 6.07) is 8.47. The van der Waals surface area contributed by atoms with Crippen molar-refractivity contribution in [1.82, 2.24) is 5.32 Å². The number of halogens is 1. The maximum absolute atomic E-state index is 5.60. The number of hydrogen-bond donors (Lipinski definition) is 1. The Morgan fingerprint density at radius 1 is 1.29 bits per heavy atom. The van der Waals surface area contributed by atoms with E-state index < -0.39 is 5.79 Å². The molecule has 1 aliphatic rings. The number of ether oxygens (including phenoxy) is 2. The van der Waals surface area contributed by atoms with E-state index in [1.165, 1.54) is 5.56 Å². The lowest BCUT2D eigenvalue weighted by Crippen LogP contribution is -2.48. The Bertz CT molecular complexity index is 371. The third-order valence-corrected chi connectivity index (χ3v) is 3.58. The van der Waals surface area contributed by atoms with Gasteiger partial charge in [-0.25, -0.2) is 0 Å². The smallest absolute Gasteiger partial charge is 0.162 e. The molecule has 17 heavy (non-hydrogen) atoms. The number of benzene rings is 1. The second-order valence-corrected chi connectivity index (χ2v) is 5.55. The van der Waals surface area contributed by atoms with E-state index in [4.69, 9.17) is 9.47 Å². The fourth-order valence-corrected chi connectivity index (χ4v) is 2.13. The minimum absolute atomic E-state index is 0.259. The number of rotatable bonds is 3. The van der Waals surface area contributed by atoms with Crippen molar-refractivity contribution in [3.8, 4) is 0 Å². The van der Waals surface area contributed by atoms with Gasteiger partial charge in [-0.3, -0.25) is 0 Å². The van der Waals surface area contributed by atoms with Crippen molar-refractivity contribution < 1.29 is 9.47 Å². The Labute approximate surface area is 111 Å². The van der Waals surface area contributed by atoms with Crippen molar-refractivity contribution in [1.29, 1.82) is 0 Å². The highest BCUT2D eigenvalue weighted by molar-refractivity contribution is 9.10. The van der Waals surface area contributed by atoms with Gasteiger partial charge in [0.2, 0.25) is 0 Å². The van der Waals surface area contributed by atoms with Crippen molar-refractivity contribution in [2.75, 3.05) is 13.2 Å². The molecule has 0 amide bonds. The predicted molar refractivity (Wildman–Crippen MR) is 70.8 cm³/mol. The van der Waals surface area contributed by atoms with Crippen LogP contribution >= 0.6 is 15.9 Å². The lowest BCUT2D eigenvalue weighted by atomic mass is 10.2. The van der Waals surface area contributed by atoms with E-state index in [9.17, 15) is 0 Å². The second-order valence-electron chi connectivity index (χ2n) is 4.69. The predicted octanol–water partition coefficient (Wildman–Crippen LogP) is 2.69. The first-order chi connectivity index (χ1) is 8.07. The molecule has 1 aliphatic heterocycles. The van der Waals surface area contributed by atoms with Crippen LogP contribution in [0.15, 0.2) is 28.7 Å². The summed E-state index contributed by atoms with van der Waals surface area (Å²) in [6.07, 6.45) is 0. The molecule has 4 heteroatoms. The Morgan fingerprint density at radius 2 is 1.94 bits per heavy atom. The zero-order chi connectivity index (χ0) is 12.3. The fraction of sp³-hybridized carbons (Fsp3) is 0.538. The largest absolute Gasteiger partial charge is 0.349 e. The molecule has 1 aromatic rings. The Balaban J connectivity index is 1.82. The number of nitrogens with one attached hydrogen (secondary N) is 1. The minimum atomic E-state index is -0.439. The van der Waals surface area contributed by atoms with Crippen molar-refractivity contribution >= 4 is 15.9 Å². The highest BCUT2D eigenvalue weighted by Crippen LogP contribution is 2.18. The van der Waals surface area contributed by atoms with Gasteiger partial charge in [0.15, 0.2) is 5.79 Å². The molecule has 2 rings (SSSR count). The number of hydrogen-bond acceptors (Lipinski definition) is 3. The zero-order valence-corrected chi connectivity index (χ0v) is 11.8. The second kappa shape index (κ2) is 5.48.